The van der Waals surface area contributed by atoms with Gasteiger partial charge < -0.3 is 4.74 Å². The molecule has 0 N–H and O–H groups in total. The monoisotopic (exact) mass is 417 g/mol. The molecule has 1 aliphatic rings. The van der Waals surface area contributed by atoms with Crippen molar-refractivity contribution in [2.75, 3.05) is 13.7 Å². The van der Waals surface area contributed by atoms with Gasteiger partial charge in [-0.2, -0.15) is 13.2 Å². The second kappa shape index (κ2) is 8.02. The Bertz CT molecular complexity index is 1050. The minimum atomic E-state index is -4.38. The first-order valence-electron chi connectivity index (χ1n) is 9.41. The fraction of sp³-hybridized carbons (Fsp3) is 0.273. The van der Waals surface area contributed by atoms with Crippen molar-refractivity contribution < 1.29 is 22.3 Å². The number of alkyl halides is 3. The van der Waals surface area contributed by atoms with E-state index in [0.717, 1.165) is 23.4 Å². The number of hydrogen-bond donors (Lipinski definition) is 0. The molecule has 0 saturated carbocycles. The van der Waals surface area contributed by atoms with Crippen LogP contribution in [-0.2, 0) is 25.7 Å². The molecule has 0 radical (unpaired) electrons. The van der Waals surface area contributed by atoms with Crippen LogP contribution >= 0.6 is 0 Å². The lowest BCUT2D eigenvalue weighted by Gasteiger charge is -2.28. The molecule has 156 valence electrons. The van der Waals surface area contributed by atoms with Gasteiger partial charge in [0.2, 0.25) is 0 Å². The zero-order valence-corrected chi connectivity index (χ0v) is 16.2. The maximum Gasteiger partial charge on any atom is 0.416 e. The van der Waals surface area contributed by atoms with Gasteiger partial charge in [-0.15, -0.1) is 0 Å². The standard InChI is InChI=1S/C22H19F4N3O/c1-30-20-4-2-3-18(23)17(20)13-29-10-9-19-15(12-29)11-27-21(28-19)14-5-7-16(8-6-14)22(24,25)26/h2-8,11H,9-10,12-13H2,1H3. The highest BCUT2D eigenvalue weighted by Crippen LogP contribution is 2.31. The third-order valence-electron chi connectivity index (χ3n) is 5.16. The maximum atomic E-state index is 14.2. The molecule has 3 aromatic rings. The Morgan fingerprint density at radius 3 is 2.57 bits per heavy atom. The van der Waals surface area contributed by atoms with Crippen molar-refractivity contribution in [3.63, 3.8) is 0 Å². The molecule has 0 unspecified atom stereocenters. The summed E-state index contributed by atoms with van der Waals surface area (Å²) in [6.07, 6.45) is -2.04. The normalized spacial score (nSPS) is 14.4. The van der Waals surface area contributed by atoms with E-state index in [1.54, 1.807) is 18.3 Å². The van der Waals surface area contributed by atoms with E-state index in [4.69, 9.17) is 4.74 Å². The molecular weight excluding hydrogens is 398 g/mol. The van der Waals surface area contributed by atoms with E-state index in [9.17, 15) is 17.6 Å². The van der Waals surface area contributed by atoms with Crippen LogP contribution in [0, 0.1) is 5.82 Å². The van der Waals surface area contributed by atoms with Crippen LogP contribution in [0.3, 0.4) is 0 Å². The Morgan fingerprint density at radius 1 is 1.10 bits per heavy atom. The Labute approximate surface area is 171 Å². The summed E-state index contributed by atoms with van der Waals surface area (Å²) in [4.78, 5) is 11.0. The van der Waals surface area contributed by atoms with Gasteiger partial charge in [-0.1, -0.05) is 18.2 Å². The summed E-state index contributed by atoms with van der Waals surface area (Å²) in [7, 11) is 1.51. The summed E-state index contributed by atoms with van der Waals surface area (Å²) in [6, 6.07) is 9.57. The number of hydrogen-bond acceptors (Lipinski definition) is 4. The van der Waals surface area contributed by atoms with Gasteiger partial charge in [-0.25, -0.2) is 14.4 Å². The molecule has 8 heteroatoms. The van der Waals surface area contributed by atoms with Crippen LogP contribution in [0.1, 0.15) is 22.4 Å². The summed E-state index contributed by atoms with van der Waals surface area (Å²) in [6.45, 7) is 1.63. The highest BCUT2D eigenvalue weighted by molar-refractivity contribution is 5.56. The summed E-state index contributed by atoms with van der Waals surface area (Å²) in [5.41, 5.74) is 2.11. The largest absolute Gasteiger partial charge is 0.496 e. The minimum absolute atomic E-state index is 0.311. The smallest absolute Gasteiger partial charge is 0.416 e. The van der Waals surface area contributed by atoms with E-state index in [2.05, 4.69) is 14.9 Å². The molecule has 0 bridgehead atoms. The Morgan fingerprint density at radius 2 is 1.87 bits per heavy atom. The minimum Gasteiger partial charge on any atom is -0.496 e. The number of nitrogens with zero attached hydrogens (tertiary/aromatic N) is 3. The van der Waals surface area contributed by atoms with E-state index in [-0.39, 0.29) is 5.82 Å². The van der Waals surface area contributed by atoms with Gasteiger partial charge in [-0.05, 0) is 24.3 Å². The summed E-state index contributed by atoms with van der Waals surface area (Å²) in [5.74, 6) is 0.593. The van der Waals surface area contributed by atoms with E-state index in [1.807, 2.05) is 0 Å². The molecule has 0 fully saturated rings. The lowest BCUT2D eigenvalue weighted by atomic mass is 10.0. The third-order valence-corrected chi connectivity index (χ3v) is 5.16. The topological polar surface area (TPSA) is 38.2 Å². The average molecular weight is 417 g/mol. The molecule has 4 nitrogen and oxygen atoms in total. The number of methoxy groups -OCH3 is 1. The zero-order chi connectivity index (χ0) is 21.3. The number of halogens is 4. The van der Waals surface area contributed by atoms with E-state index in [0.29, 0.717) is 48.8 Å². The van der Waals surface area contributed by atoms with Gasteiger partial charge in [0.1, 0.15) is 11.6 Å². The molecule has 2 aromatic carbocycles. The van der Waals surface area contributed by atoms with Crippen molar-refractivity contribution in [3.05, 3.63) is 76.9 Å². The van der Waals surface area contributed by atoms with Crippen molar-refractivity contribution in [1.29, 1.82) is 0 Å². The van der Waals surface area contributed by atoms with Crippen molar-refractivity contribution >= 4 is 0 Å². The maximum absolute atomic E-state index is 14.2. The zero-order valence-electron chi connectivity index (χ0n) is 16.2. The van der Waals surface area contributed by atoms with Gasteiger partial charge in [-0.3, -0.25) is 4.90 Å². The highest BCUT2D eigenvalue weighted by atomic mass is 19.4. The first-order chi connectivity index (χ1) is 14.3. The fourth-order valence-electron chi connectivity index (χ4n) is 3.56. The predicted octanol–water partition coefficient (Wildman–Crippen LogP) is 4.87. The summed E-state index contributed by atoms with van der Waals surface area (Å²) >= 11 is 0. The van der Waals surface area contributed by atoms with Gasteiger partial charge in [0.25, 0.3) is 0 Å². The van der Waals surface area contributed by atoms with E-state index in [1.165, 1.54) is 25.3 Å². The van der Waals surface area contributed by atoms with Crippen LogP contribution in [0.25, 0.3) is 11.4 Å². The molecule has 0 saturated heterocycles. The summed E-state index contributed by atoms with van der Waals surface area (Å²) < 4.78 is 57.7. The Hall–Kier alpha value is -3.00. The molecule has 1 aliphatic heterocycles. The third kappa shape index (κ3) is 4.14. The van der Waals surface area contributed by atoms with Crippen molar-refractivity contribution in [2.45, 2.75) is 25.7 Å². The fourth-order valence-corrected chi connectivity index (χ4v) is 3.56. The lowest BCUT2D eigenvalue weighted by Crippen LogP contribution is -2.31. The van der Waals surface area contributed by atoms with E-state index >= 15 is 0 Å². The number of aromatic nitrogens is 2. The van der Waals surface area contributed by atoms with Crippen molar-refractivity contribution in [3.8, 4) is 17.1 Å². The van der Waals surface area contributed by atoms with Crippen LogP contribution in [0.2, 0.25) is 0 Å². The molecule has 0 aliphatic carbocycles. The Kier molecular flexibility index (Phi) is 5.42. The van der Waals surface area contributed by atoms with E-state index < -0.39 is 11.7 Å². The van der Waals surface area contributed by atoms with Gasteiger partial charge in [0.05, 0.1) is 18.4 Å². The molecule has 0 atom stereocenters. The quantitative estimate of drug-likeness (QED) is 0.568. The SMILES string of the molecule is COc1cccc(F)c1CN1CCc2nc(-c3ccc(C(F)(F)F)cc3)ncc2C1. The van der Waals surface area contributed by atoms with Crippen molar-refractivity contribution in [2.24, 2.45) is 0 Å². The van der Waals surface area contributed by atoms with Gasteiger partial charge in [0.15, 0.2) is 5.82 Å². The number of ether oxygens (including phenoxy) is 1. The number of rotatable bonds is 4. The highest BCUT2D eigenvalue weighted by Gasteiger charge is 2.30. The molecule has 0 spiro atoms. The predicted molar refractivity (Wildman–Crippen MR) is 103 cm³/mol. The van der Waals surface area contributed by atoms with Crippen LogP contribution < -0.4 is 4.74 Å². The first kappa shape index (κ1) is 20.3. The second-order valence-electron chi connectivity index (χ2n) is 7.12. The number of benzene rings is 2. The van der Waals surface area contributed by atoms with Crippen LogP contribution in [0.4, 0.5) is 17.6 Å². The Balaban J connectivity index is 1.51. The molecule has 4 rings (SSSR count). The molecular formula is C22H19F4N3O. The van der Waals surface area contributed by atoms with Crippen molar-refractivity contribution in [1.82, 2.24) is 14.9 Å². The molecule has 30 heavy (non-hydrogen) atoms. The number of fused-ring (bicyclic) bond motifs is 1. The second-order valence-corrected chi connectivity index (χ2v) is 7.12. The van der Waals surface area contributed by atoms with Crippen LogP contribution in [0.5, 0.6) is 5.75 Å². The van der Waals surface area contributed by atoms with Crippen LogP contribution in [-0.4, -0.2) is 28.5 Å². The lowest BCUT2D eigenvalue weighted by molar-refractivity contribution is -0.137. The summed E-state index contributed by atoms with van der Waals surface area (Å²) in [5, 5.41) is 0. The van der Waals surface area contributed by atoms with Gasteiger partial charge >= 0.3 is 6.18 Å². The van der Waals surface area contributed by atoms with Gasteiger partial charge in [0, 0.05) is 48.9 Å². The molecule has 2 heterocycles. The molecule has 1 aromatic heterocycles. The molecule has 0 amide bonds. The van der Waals surface area contributed by atoms with Crippen LogP contribution in [0.15, 0.2) is 48.7 Å². The average Bonchev–Trinajstić information content (AvgIpc) is 2.74. The first-order valence-corrected chi connectivity index (χ1v) is 9.41.